The Labute approximate surface area is 217 Å². The summed E-state index contributed by atoms with van der Waals surface area (Å²) in [6, 6.07) is 22.2. The Morgan fingerprint density at radius 2 is 1.68 bits per heavy atom. The first kappa shape index (κ1) is 23.6. The van der Waals surface area contributed by atoms with Gasteiger partial charge in [-0.3, -0.25) is 24.5 Å². The monoisotopic (exact) mass is 509 g/mol. The zero-order valence-corrected chi connectivity index (χ0v) is 20.4. The highest BCUT2D eigenvalue weighted by Gasteiger charge is 2.61. The number of nitro benzene ring substituents is 1. The van der Waals surface area contributed by atoms with Gasteiger partial charge in [-0.25, -0.2) is 4.90 Å². The molecule has 1 N–H and O–H groups in total. The minimum atomic E-state index is -1.05. The smallest absolute Gasteiger partial charge is 0.315 e. The number of ether oxygens (including phenoxy) is 1. The molecule has 9 nitrogen and oxygen atoms in total. The number of fused-ring (bicyclic) bond motifs is 4. The molecular formula is C29H23N3O6. The number of non-ortho nitro benzene ring substituents is 1. The Morgan fingerprint density at radius 3 is 2.42 bits per heavy atom. The Hall–Kier alpha value is -4.79. The first-order chi connectivity index (χ1) is 18.4. The third-order valence-electron chi connectivity index (χ3n) is 7.51. The lowest BCUT2D eigenvalue weighted by molar-refractivity contribution is -0.384. The second-order valence-electron chi connectivity index (χ2n) is 9.46. The molecule has 4 atom stereocenters. The Balaban J connectivity index is 1.65. The van der Waals surface area contributed by atoms with Gasteiger partial charge < -0.3 is 9.72 Å². The fourth-order valence-electron chi connectivity index (χ4n) is 6.07. The molecule has 3 aromatic carbocycles. The molecule has 9 heteroatoms. The molecule has 6 rings (SSSR count). The summed E-state index contributed by atoms with van der Waals surface area (Å²) in [5.74, 6) is -5.30. The number of para-hydroxylation sites is 2. The van der Waals surface area contributed by atoms with E-state index in [4.69, 9.17) is 4.74 Å². The number of amides is 2. The normalized spacial score (nSPS) is 22.3. The molecule has 4 aromatic rings. The van der Waals surface area contributed by atoms with Crippen molar-refractivity contribution in [2.75, 3.05) is 11.5 Å². The quantitative estimate of drug-likeness (QED) is 0.180. The van der Waals surface area contributed by atoms with Crippen LogP contribution in [0.5, 0.6) is 0 Å². The minimum absolute atomic E-state index is 0.112. The van der Waals surface area contributed by atoms with Crippen LogP contribution in [0.1, 0.15) is 35.6 Å². The van der Waals surface area contributed by atoms with Gasteiger partial charge in [-0.1, -0.05) is 48.5 Å². The van der Waals surface area contributed by atoms with E-state index in [1.807, 2.05) is 24.3 Å². The van der Waals surface area contributed by atoms with Gasteiger partial charge in [0, 0.05) is 34.6 Å². The zero-order chi connectivity index (χ0) is 26.6. The first-order valence-corrected chi connectivity index (χ1v) is 12.4. The van der Waals surface area contributed by atoms with E-state index in [1.165, 1.54) is 12.1 Å². The standard InChI is InChI=1S/C29H23N3O6/c1-2-38-29(35)25-24-23(27(33)31(28(24)34)17-10-4-3-5-11-17)21(16-9-8-12-18(15-16)32(36)37)22-19-13-6-7-14-20(19)30-26(22)25/h3-15,21,23-25,30H,2H2,1H3/t21-,23-,24-,25+/m1/s1. The highest BCUT2D eigenvalue weighted by Crippen LogP contribution is 2.56. The highest BCUT2D eigenvalue weighted by molar-refractivity contribution is 6.24. The average Bonchev–Trinajstić information content (AvgIpc) is 3.43. The van der Waals surface area contributed by atoms with Gasteiger partial charge >= 0.3 is 5.97 Å². The molecule has 38 heavy (non-hydrogen) atoms. The molecule has 0 spiro atoms. The predicted molar refractivity (Wildman–Crippen MR) is 139 cm³/mol. The number of nitrogens with zero attached hydrogens (tertiary/aromatic N) is 2. The number of aromatic nitrogens is 1. The Bertz CT molecular complexity index is 1610. The van der Waals surface area contributed by atoms with Crippen molar-refractivity contribution >= 4 is 40.1 Å². The number of rotatable bonds is 5. The first-order valence-electron chi connectivity index (χ1n) is 12.4. The number of hydrogen-bond donors (Lipinski definition) is 1. The summed E-state index contributed by atoms with van der Waals surface area (Å²) < 4.78 is 5.43. The van der Waals surface area contributed by atoms with Gasteiger partial charge in [0.25, 0.3) is 5.69 Å². The SMILES string of the molecule is CCOC(=O)[C@@H]1c2[nH]c3ccccc3c2[C@@H](c2cccc([N+](=O)[O-])c2)[C@H]2C(=O)N(c3ccccc3)C(=O)[C@H]21. The highest BCUT2D eigenvalue weighted by atomic mass is 16.6. The summed E-state index contributed by atoms with van der Waals surface area (Å²) in [7, 11) is 0. The molecule has 0 unspecified atom stereocenters. The lowest BCUT2D eigenvalue weighted by atomic mass is 9.64. The molecule has 0 radical (unpaired) electrons. The van der Waals surface area contributed by atoms with Crippen molar-refractivity contribution in [1.82, 2.24) is 4.98 Å². The maximum Gasteiger partial charge on any atom is 0.315 e. The number of benzene rings is 3. The van der Waals surface area contributed by atoms with Crippen molar-refractivity contribution in [1.29, 1.82) is 0 Å². The van der Waals surface area contributed by atoms with Gasteiger partial charge in [0.15, 0.2) is 0 Å². The maximum atomic E-state index is 14.2. The van der Waals surface area contributed by atoms with Crippen molar-refractivity contribution in [3.8, 4) is 0 Å². The van der Waals surface area contributed by atoms with Crippen LogP contribution >= 0.6 is 0 Å². The van der Waals surface area contributed by atoms with Crippen LogP contribution in [0.2, 0.25) is 0 Å². The minimum Gasteiger partial charge on any atom is -0.465 e. The summed E-state index contributed by atoms with van der Waals surface area (Å²) in [4.78, 5) is 57.3. The van der Waals surface area contributed by atoms with Gasteiger partial charge in [0.05, 0.1) is 29.1 Å². The third kappa shape index (κ3) is 3.42. The van der Waals surface area contributed by atoms with Crippen molar-refractivity contribution in [2.45, 2.75) is 18.8 Å². The van der Waals surface area contributed by atoms with Crippen molar-refractivity contribution in [3.05, 3.63) is 106 Å². The van der Waals surface area contributed by atoms with E-state index in [0.29, 0.717) is 22.5 Å². The Kier molecular flexibility index (Phi) is 5.56. The summed E-state index contributed by atoms with van der Waals surface area (Å²) in [5, 5.41) is 12.4. The van der Waals surface area contributed by atoms with E-state index in [0.717, 1.165) is 15.8 Å². The van der Waals surface area contributed by atoms with E-state index < -0.39 is 46.4 Å². The largest absolute Gasteiger partial charge is 0.465 e. The summed E-state index contributed by atoms with van der Waals surface area (Å²) >= 11 is 0. The van der Waals surface area contributed by atoms with Crippen LogP contribution < -0.4 is 4.90 Å². The van der Waals surface area contributed by atoms with Gasteiger partial charge in [-0.05, 0) is 36.2 Å². The van der Waals surface area contributed by atoms with Crippen LogP contribution in [0.25, 0.3) is 10.9 Å². The number of imide groups is 1. The zero-order valence-electron chi connectivity index (χ0n) is 20.4. The number of carbonyl (C=O) groups is 3. The predicted octanol–water partition coefficient (Wildman–Crippen LogP) is 4.67. The number of anilines is 1. The molecular weight excluding hydrogens is 486 g/mol. The number of aromatic amines is 1. The number of nitro groups is 1. The van der Waals surface area contributed by atoms with E-state index in [2.05, 4.69) is 4.98 Å². The van der Waals surface area contributed by atoms with E-state index in [9.17, 15) is 24.5 Å². The lowest BCUT2D eigenvalue weighted by Crippen LogP contribution is -2.39. The molecule has 0 bridgehead atoms. The van der Waals surface area contributed by atoms with Crippen LogP contribution in [0.4, 0.5) is 11.4 Å². The number of nitrogens with one attached hydrogen (secondary N) is 1. The summed E-state index contributed by atoms with van der Waals surface area (Å²) in [6.07, 6.45) is 0. The molecule has 2 aliphatic rings. The van der Waals surface area contributed by atoms with Gasteiger partial charge in [0.1, 0.15) is 5.92 Å². The van der Waals surface area contributed by atoms with Crippen LogP contribution in [0.3, 0.4) is 0 Å². The van der Waals surface area contributed by atoms with Crippen molar-refractivity contribution in [3.63, 3.8) is 0 Å². The fraction of sp³-hybridized carbons (Fsp3) is 0.207. The van der Waals surface area contributed by atoms with Crippen molar-refractivity contribution in [2.24, 2.45) is 11.8 Å². The molecule has 1 aliphatic carbocycles. The number of H-pyrrole nitrogens is 1. The number of hydrogen-bond acceptors (Lipinski definition) is 6. The molecule has 1 fully saturated rings. The van der Waals surface area contributed by atoms with E-state index >= 15 is 0 Å². The van der Waals surface area contributed by atoms with Crippen LogP contribution in [0, 0.1) is 22.0 Å². The maximum absolute atomic E-state index is 14.2. The molecule has 0 saturated carbocycles. The van der Waals surface area contributed by atoms with Crippen LogP contribution in [0.15, 0.2) is 78.9 Å². The fourth-order valence-corrected chi connectivity index (χ4v) is 6.07. The molecule has 190 valence electrons. The summed E-state index contributed by atoms with van der Waals surface area (Å²) in [5.41, 5.74) is 2.73. The topological polar surface area (TPSA) is 123 Å². The lowest BCUT2D eigenvalue weighted by Gasteiger charge is -2.35. The molecule has 1 saturated heterocycles. The van der Waals surface area contributed by atoms with Crippen molar-refractivity contribution < 1.29 is 24.0 Å². The van der Waals surface area contributed by atoms with Gasteiger partial charge in [-0.15, -0.1) is 0 Å². The number of carbonyl (C=O) groups excluding carboxylic acids is 3. The molecule has 2 amide bonds. The van der Waals surface area contributed by atoms with Gasteiger partial charge in [-0.2, -0.15) is 0 Å². The Morgan fingerprint density at radius 1 is 0.974 bits per heavy atom. The second-order valence-corrected chi connectivity index (χ2v) is 9.46. The van der Waals surface area contributed by atoms with Crippen LogP contribution in [-0.4, -0.2) is 34.3 Å². The molecule has 1 aliphatic heterocycles. The number of esters is 1. The average molecular weight is 510 g/mol. The summed E-state index contributed by atoms with van der Waals surface area (Å²) in [6.45, 7) is 1.80. The molecule has 2 heterocycles. The van der Waals surface area contributed by atoms with Gasteiger partial charge in [0.2, 0.25) is 11.8 Å². The van der Waals surface area contributed by atoms with Crippen LogP contribution in [-0.2, 0) is 19.1 Å². The molecule has 1 aromatic heterocycles. The van der Waals surface area contributed by atoms with E-state index in [1.54, 1.807) is 49.4 Å². The third-order valence-corrected chi connectivity index (χ3v) is 7.51. The van der Waals surface area contributed by atoms with E-state index in [-0.39, 0.29) is 12.3 Å². The second kappa shape index (κ2) is 8.95.